The maximum Gasteiger partial charge on any atom is 0.277 e. The summed E-state index contributed by atoms with van der Waals surface area (Å²) in [7, 11) is 0. The molecule has 4 nitrogen and oxygen atoms in total. The van der Waals surface area contributed by atoms with Crippen molar-refractivity contribution >= 4 is 23.9 Å². The van der Waals surface area contributed by atoms with Gasteiger partial charge >= 0.3 is 0 Å². The third-order valence-electron chi connectivity index (χ3n) is 3.37. The van der Waals surface area contributed by atoms with E-state index < -0.39 is 0 Å². The molecule has 0 aromatic heterocycles. The lowest BCUT2D eigenvalue weighted by Gasteiger charge is -2.07. The number of ether oxygens (including phenoxy) is 1. The van der Waals surface area contributed by atoms with Crippen molar-refractivity contribution in [1.29, 1.82) is 0 Å². The average molecular weight is 328 g/mol. The SMILES string of the molecule is CSc1ccc(C=NNC(=O)COc2ccc(C)c(C)c2)cc1. The molecule has 0 saturated carbocycles. The second-order valence-electron chi connectivity index (χ2n) is 5.10. The monoisotopic (exact) mass is 328 g/mol. The molecule has 0 unspecified atom stereocenters. The number of hydrogen-bond donors (Lipinski definition) is 1. The fraction of sp³-hybridized carbons (Fsp3) is 0.222. The van der Waals surface area contributed by atoms with Gasteiger partial charge in [0.05, 0.1) is 6.21 Å². The van der Waals surface area contributed by atoms with Crippen LogP contribution in [0.25, 0.3) is 0 Å². The molecule has 0 heterocycles. The van der Waals surface area contributed by atoms with Gasteiger partial charge in [0, 0.05) is 4.90 Å². The zero-order chi connectivity index (χ0) is 16.7. The van der Waals surface area contributed by atoms with Crippen LogP contribution < -0.4 is 10.2 Å². The van der Waals surface area contributed by atoms with Crippen molar-refractivity contribution in [2.75, 3.05) is 12.9 Å². The first kappa shape index (κ1) is 17.1. The van der Waals surface area contributed by atoms with Gasteiger partial charge in [-0.15, -0.1) is 11.8 Å². The van der Waals surface area contributed by atoms with Crippen molar-refractivity contribution < 1.29 is 9.53 Å². The van der Waals surface area contributed by atoms with Gasteiger partial charge < -0.3 is 4.74 Å². The lowest BCUT2D eigenvalue weighted by Crippen LogP contribution is -2.24. The van der Waals surface area contributed by atoms with Gasteiger partial charge in [0.15, 0.2) is 6.61 Å². The van der Waals surface area contributed by atoms with Crippen molar-refractivity contribution in [3.8, 4) is 5.75 Å². The summed E-state index contributed by atoms with van der Waals surface area (Å²) in [6, 6.07) is 13.7. The number of carbonyl (C=O) groups is 1. The second-order valence-corrected chi connectivity index (χ2v) is 5.98. The van der Waals surface area contributed by atoms with E-state index in [-0.39, 0.29) is 12.5 Å². The van der Waals surface area contributed by atoms with Gasteiger partial charge in [0.1, 0.15) is 5.75 Å². The molecule has 5 heteroatoms. The van der Waals surface area contributed by atoms with Crippen LogP contribution in [-0.4, -0.2) is 25.0 Å². The Balaban J connectivity index is 1.79. The van der Waals surface area contributed by atoms with E-state index in [0.29, 0.717) is 5.75 Å². The summed E-state index contributed by atoms with van der Waals surface area (Å²) in [5.41, 5.74) is 5.71. The minimum absolute atomic E-state index is 0.0642. The van der Waals surface area contributed by atoms with Crippen LogP contribution in [0, 0.1) is 13.8 Å². The Labute approximate surface area is 140 Å². The maximum atomic E-state index is 11.7. The Morgan fingerprint density at radius 2 is 1.91 bits per heavy atom. The van der Waals surface area contributed by atoms with Crippen LogP contribution in [0.15, 0.2) is 52.5 Å². The minimum atomic E-state index is -0.291. The summed E-state index contributed by atoms with van der Waals surface area (Å²) in [4.78, 5) is 12.9. The third kappa shape index (κ3) is 5.45. The van der Waals surface area contributed by atoms with Gasteiger partial charge in [-0.1, -0.05) is 18.2 Å². The summed E-state index contributed by atoms with van der Waals surface area (Å²) >= 11 is 1.68. The maximum absolute atomic E-state index is 11.7. The van der Waals surface area contributed by atoms with E-state index in [1.54, 1.807) is 18.0 Å². The molecule has 0 aliphatic carbocycles. The highest BCUT2D eigenvalue weighted by atomic mass is 32.2. The molecular formula is C18H20N2O2S. The zero-order valence-corrected chi connectivity index (χ0v) is 14.3. The first-order chi connectivity index (χ1) is 11.1. The summed E-state index contributed by atoms with van der Waals surface area (Å²) < 4.78 is 5.45. The second kappa shape index (κ2) is 8.39. The molecule has 1 N–H and O–H groups in total. The average Bonchev–Trinajstić information content (AvgIpc) is 2.56. The van der Waals surface area contributed by atoms with Gasteiger partial charge in [-0.25, -0.2) is 5.43 Å². The van der Waals surface area contributed by atoms with Crippen LogP contribution in [0.4, 0.5) is 0 Å². The largest absolute Gasteiger partial charge is 0.484 e. The molecule has 0 saturated heterocycles. The predicted octanol–water partition coefficient (Wildman–Crippen LogP) is 3.55. The van der Waals surface area contributed by atoms with E-state index in [4.69, 9.17) is 4.74 Å². The number of thioether (sulfide) groups is 1. The molecule has 0 radical (unpaired) electrons. The highest BCUT2D eigenvalue weighted by Crippen LogP contribution is 2.16. The van der Waals surface area contributed by atoms with E-state index >= 15 is 0 Å². The summed E-state index contributed by atoms with van der Waals surface area (Å²) in [6.07, 6.45) is 3.64. The normalized spacial score (nSPS) is 10.7. The van der Waals surface area contributed by atoms with E-state index in [1.165, 1.54) is 10.5 Å². The van der Waals surface area contributed by atoms with Crippen LogP contribution in [0.3, 0.4) is 0 Å². The fourth-order valence-corrected chi connectivity index (χ4v) is 2.26. The van der Waals surface area contributed by atoms with Crippen molar-refractivity contribution in [3.05, 3.63) is 59.2 Å². The Hall–Kier alpha value is -2.27. The Morgan fingerprint density at radius 1 is 1.17 bits per heavy atom. The molecule has 0 spiro atoms. The van der Waals surface area contributed by atoms with Gasteiger partial charge in [-0.05, 0) is 61.1 Å². The standard InChI is InChI=1S/C18H20N2O2S/c1-13-4-7-16(10-14(13)2)22-12-18(21)20-19-11-15-5-8-17(23-3)9-6-15/h4-11H,12H2,1-3H3,(H,20,21). The molecule has 0 fully saturated rings. The molecule has 2 aromatic carbocycles. The Kier molecular flexibility index (Phi) is 6.23. The molecule has 0 aliphatic rings. The molecule has 120 valence electrons. The molecule has 0 atom stereocenters. The van der Waals surface area contributed by atoms with Crippen LogP contribution in [0.2, 0.25) is 0 Å². The summed E-state index contributed by atoms with van der Waals surface area (Å²) in [5, 5.41) is 3.93. The summed E-state index contributed by atoms with van der Waals surface area (Å²) in [5.74, 6) is 0.389. The molecule has 2 aromatic rings. The van der Waals surface area contributed by atoms with E-state index in [9.17, 15) is 4.79 Å². The fourth-order valence-electron chi connectivity index (χ4n) is 1.85. The number of hydrogen-bond acceptors (Lipinski definition) is 4. The molecule has 0 bridgehead atoms. The number of hydrazone groups is 1. The topological polar surface area (TPSA) is 50.7 Å². The van der Waals surface area contributed by atoms with Crippen molar-refractivity contribution in [2.45, 2.75) is 18.7 Å². The minimum Gasteiger partial charge on any atom is -0.484 e. The van der Waals surface area contributed by atoms with Gasteiger partial charge in [0.25, 0.3) is 5.91 Å². The van der Waals surface area contributed by atoms with E-state index in [0.717, 1.165) is 11.1 Å². The van der Waals surface area contributed by atoms with E-state index in [1.807, 2.05) is 62.6 Å². The third-order valence-corrected chi connectivity index (χ3v) is 4.11. The molecule has 2 rings (SSSR count). The number of aryl methyl sites for hydroxylation is 2. The van der Waals surface area contributed by atoms with Crippen molar-refractivity contribution in [1.82, 2.24) is 5.43 Å². The number of amides is 1. The lowest BCUT2D eigenvalue weighted by atomic mass is 10.1. The van der Waals surface area contributed by atoms with Gasteiger partial charge in [-0.3, -0.25) is 4.79 Å². The van der Waals surface area contributed by atoms with Crippen LogP contribution in [0.1, 0.15) is 16.7 Å². The zero-order valence-electron chi connectivity index (χ0n) is 13.5. The van der Waals surface area contributed by atoms with Crippen LogP contribution >= 0.6 is 11.8 Å². The number of nitrogens with one attached hydrogen (secondary N) is 1. The van der Waals surface area contributed by atoms with Gasteiger partial charge in [0.2, 0.25) is 0 Å². The first-order valence-electron chi connectivity index (χ1n) is 7.24. The Bertz CT molecular complexity index is 697. The molecule has 23 heavy (non-hydrogen) atoms. The van der Waals surface area contributed by atoms with Crippen molar-refractivity contribution in [3.63, 3.8) is 0 Å². The van der Waals surface area contributed by atoms with Crippen LogP contribution in [-0.2, 0) is 4.79 Å². The first-order valence-corrected chi connectivity index (χ1v) is 8.47. The predicted molar refractivity (Wildman–Crippen MR) is 95.4 cm³/mol. The van der Waals surface area contributed by atoms with Gasteiger partial charge in [-0.2, -0.15) is 5.10 Å². The lowest BCUT2D eigenvalue weighted by molar-refractivity contribution is -0.123. The Morgan fingerprint density at radius 3 is 2.57 bits per heavy atom. The van der Waals surface area contributed by atoms with Crippen LogP contribution in [0.5, 0.6) is 5.75 Å². The van der Waals surface area contributed by atoms with Crippen molar-refractivity contribution in [2.24, 2.45) is 5.10 Å². The highest BCUT2D eigenvalue weighted by molar-refractivity contribution is 7.98. The molecule has 0 aliphatic heterocycles. The summed E-state index contributed by atoms with van der Waals surface area (Å²) in [6.45, 7) is 3.98. The smallest absolute Gasteiger partial charge is 0.277 e. The number of benzene rings is 2. The number of rotatable bonds is 6. The van der Waals surface area contributed by atoms with E-state index in [2.05, 4.69) is 10.5 Å². The quantitative estimate of drug-likeness (QED) is 0.501. The number of carbonyl (C=O) groups excluding carboxylic acids is 1. The highest BCUT2D eigenvalue weighted by Gasteiger charge is 2.02. The number of nitrogens with zero attached hydrogens (tertiary/aromatic N) is 1. The molecular weight excluding hydrogens is 308 g/mol. The molecule has 1 amide bonds.